The van der Waals surface area contributed by atoms with Crippen molar-refractivity contribution in [3.8, 4) is 0 Å². The van der Waals surface area contributed by atoms with Crippen LogP contribution in [0, 0.1) is 5.92 Å². The Hall–Kier alpha value is -1.60. The molecular formula is C30H55N3O8. The number of nitrogens with zero attached hydrogens (tertiary/aromatic N) is 2. The Kier molecular flexibility index (Phi) is 17.0. The highest BCUT2D eigenvalue weighted by molar-refractivity contribution is 5.98. The van der Waals surface area contributed by atoms with Gasteiger partial charge in [0.2, 0.25) is 5.91 Å². The van der Waals surface area contributed by atoms with Crippen LogP contribution >= 0.6 is 0 Å². The van der Waals surface area contributed by atoms with E-state index in [0.29, 0.717) is 6.54 Å². The first-order valence-corrected chi connectivity index (χ1v) is 15.7. The maximum Gasteiger partial charge on any atom is 0.328 e. The summed E-state index contributed by atoms with van der Waals surface area (Å²) in [5.41, 5.74) is 5.56. The number of rotatable bonds is 21. The van der Waals surface area contributed by atoms with Crippen molar-refractivity contribution in [2.24, 2.45) is 11.7 Å². The molecule has 7 N–H and O–H groups in total. The lowest BCUT2D eigenvalue weighted by molar-refractivity contribution is -0.142. The molecule has 2 aliphatic heterocycles. The third-order valence-electron chi connectivity index (χ3n) is 8.19. The van der Waals surface area contributed by atoms with Gasteiger partial charge < -0.3 is 36.0 Å². The van der Waals surface area contributed by atoms with Gasteiger partial charge in [0.25, 0.3) is 0 Å². The number of aliphatic hydroxyl groups is 5. The van der Waals surface area contributed by atoms with E-state index in [9.17, 15) is 30.0 Å². The van der Waals surface area contributed by atoms with E-state index in [-0.39, 0.29) is 19.1 Å². The van der Waals surface area contributed by atoms with Gasteiger partial charge in [0.1, 0.15) is 18.3 Å². The van der Waals surface area contributed by atoms with Crippen LogP contribution in [0.4, 0.5) is 4.79 Å². The molecule has 0 aliphatic carbocycles. The zero-order valence-corrected chi connectivity index (χ0v) is 24.9. The number of unbranched alkanes of at least 4 members (excludes halogenated alkanes) is 13. The van der Waals surface area contributed by atoms with Crippen LogP contribution in [0.25, 0.3) is 0 Å². The Labute approximate surface area is 245 Å². The first kappa shape index (κ1) is 35.6. The van der Waals surface area contributed by atoms with Gasteiger partial charge in [0.05, 0.1) is 31.3 Å². The SMILES string of the molecule is CC1CN([C@@H]2O[C@H](CO)[C@@H](O)[C@H]2O)C(=O)N(CCCCCCCCCCCCCCC/C=C/C(O)C(N)CO)C1=O. The zero-order chi connectivity index (χ0) is 30.2. The molecule has 238 valence electrons. The highest BCUT2D eigenvalue weighted by Crippen LogP contribution is 2.28. The fourth-order valence-electron chi connectivity index (χ4n) is 5.49. The molecule has 2 saturated heterocycles. The van der Waals surface area contributed by atoms with Crippen LogP contribution in [0.2, 0.25) is 0 Å². The summed E-state index contributed by atoms with van der Waals surface area (Å²) in [6.07, 6.45) is 13.9. The lowest BCUT2D eigenvalue weighted by Crippen LogP contribution is -2.61. The fraction of sp³-hybridized carbons (Fsp3) is 0.867. The van der Waals surface area contributed by atoms with Crippen LogP contribution in [-0.4, -0.2) is 110 Å². The van der Waals surface area contributed by atoms with Crippen molar-refractivity contribution < 1.29 is 39.9 Å². The number of imide groups is 1. The van der Waals surface area contributed by atoms with Crippen molar-refractivity contribution in [1.82, 2.24) is 9.80 Å². The summed E-state index contributed by atoms with van der Waals surface area (Å²) < 4.78 is 5.53. The number of carbonyl (C=O) groups excluding carboxylic acids is 2. The third kappa shape index (κ3) is 11.5. The topological polar surface area (TPSA) is 177 Å². The average Bonchev–Trinajstić information content (AvgIpc) is 3.26. The number of hydrogen-bond donors (Lipinski definition) is 6. The minimum atomic E-state index is -1.34. The number of hydrogen-bond acceptors (Lipinski definition) is 9. The predicted octanol–water partition coefficient (Wildman–Crippen LogP) is 2.02. The van der Waals surface area contributed by atoms with Crippen molar-refractivity contribution in [3.63, 3.8) is 0 Å². The van der Waals surface area contributed by atoms with E-state index in [1.54, 1.807) is 13.0 Å². The van der Waals surface area contributed by atoms with Crippen molar-refractivity contribution in [3.05, 3.63) is 12.2 Å². The molecule has 0 spiro atoms. The molecule has 0 aromatic heterocycles. The van der Waals surface area contributed by atoms with Crippen molar-refractivity contribution in [2.75, 3.05) is 26.3 Å². The normalized spacial score (nSPS) is 26.9. The van der Waals surface area contributed by atoms with E-state index in [2.05, 4.69) is 0 Å². The van der Waals surface area contributed by atoms with Gasteiger partial charge in [-0.05, 0) is 19.3 Å². The van der Waals surface area contributed by atoms with E-state index in [4.69, 9.17) is 15.6 Å². The second kappa shape index (κ2) is 19.6. The Morgan fingerprint density at radius 3 is 1.95 bits per heavy atom. The van der Waals surface area contributed by atoms with Gasteiger partial charge in [-0.25, -0.2) is 4.79 Å². The molecular weight excluding hydrogens is 530 g/mol. The Balaban J connectivity index is 1.48. The summed E-state index contributed by atoms with van der Waals surface area (Å²) >= 11 is 0. The maximum atomic E-state index is 13.0. The predicted molar refractivity (Wildman–Crippen MR) is 156 cm³/mol. The van der Waals surface area contributed by atoms with Crippen LogP contribution in [0.1, 0.15) is 96.8 Å². The smallest absolute Gasteiger partial charge is 0.328 e. The molecule has 0 aromatic rings. The van der Waals surface area contributed by atoms with Gasteiger partial charge in [-0.2, -0.15) is 0 Å². The summed E-state index contributed by atoms with van der Waals surface area (Å²) in [5, 5.41) is 48.3. The molecule has 0 saturated carbocycles. The van der Waals surface area contributed by atoms with Gasteiger partial charge >= 0.3 is 6.03 Å². The first-order valence-electron chi connectivity index (χ1n) is 15.7. The molecule has 2 heterocycles. The Morgan fingerprint density at radius 1 is 0.902 bits per heavy atom. The van der Waals surface area contributed by atoms with Gasteiger partial charge in [-0.1, -0.05) is 89.7 Å². The van der Waals surface area contributed by atoms with E-state index in [1.165, 1.54) is 61.2 Å². The number of ether oxygens (including phenoxy) is 1. The van der Waals surface area contributed by atoms with Crippen LogP contribution in [-0.2, 0) is 9.53 Å². The molecule has 7 atom stereocenters. The van der Waals surface area contributed by atoms with Crippen LogP contribution in [0.3, 0.4) is 0 Å². The number of allylic oxidation sites excluding steroid dienone is 1. The minimum absolute atomic E-state index is 0.104. The van der Waals surface area contributed by atoms with Gasteiger partial charge in [-0.3, -0.25) is 14.6 Å². The first-order chi connectivity index (χ1) is 19.7. The quantitative estimate of drug-likeness (QED) is 0.0869. The highest BCUT2D eigenvalue weighted by atomic mass is 16.6. The van der Waals surface area contributed by atoms with Crippen molar-refractivity contribution in [2.45, 2.75) is 134 Å². The molecule has 0 bridgehead atoms. The van der Waals surface area contributed by atoms with Gasteiger partial charge in [-0.15, -0.1) is 0 Å². The molecule has 11 heteroatoms. The van der Waals surface area contributed by atoms with Crippen molar-refractivity contribution >= 4 is 11.9 Å². The lowest BCUT2D eigenvalue weighted by Gasteiger charge is -2.40. The molecule has 2 rings (SSSR count). The van der Waals surface area contributed by atoms with Crippen LogP contribution in [0.15, 0.2) is 12.2 Å². The monoisotopic (exact) mass is 585 g/mol. The summed E-state index contributed by atoms with van der Waals surface area (Å²) in [5.74, 6) is -0.664. The van der Waals surface area contributed by atoms with E-state index in [1.807, 2.05) is 6.08 Å². The maximum absolute atomic E-state index is 13.0. The zero-order valence-electron chi connectivity index (χ0n) is 24.9. The molecule has 2 fully saturated rings. The largest absolute Gasteiger partial charge is 0.395 e. The van der Waals surface area contributed by atoms with Gasteiger partial charge in [0, 0.05) is 13.1 Å². The molecule has 41 heavy (non-hydrogen) atoms. The number of aliphatic hydroxyl groups excluding tert-OH is 5. The number of amides is 3. The summed E-state index contributed by atoms with van der Waals surface area (Å²) in [7, 11) is 0. The highest BCUT2D eigenvalue weighted by Gasteiger charge is 2.50. The summed E-state index contributed by atoms with van der Waals surface area (Å²) in [6.45, 7) is 1.48. The standard InChI is InChI=1S/C30H55N3O8/c1-22-19-33(29-27(38)26(37)25(21-35)41-29)30(40)32(28(22)39)18-16-14-12-10-8-6-4-2-3-5-7-9-11-13-15-17-24(36)23(31)20-34/h15,17,22-27,29,34-38H,2-14,16,18-21,31H2,1H3/b17-15+/t22?,23?,24?,25-,26-,27-,29-/m1/s1. The Morgan fingerprint density at radius 2 is 1.44 bits per heavy atom. The number of carbonyl (C=O) groups is 2. The molecule has 2 aliphatic rings. The van der Waals surface area contributed by atoms with Crippen LogP contribution in [0.5, 0.6) is 0 Å². The average molecular weight is 586 g/mol. The van der Waals surface area contributed by atoms with Crippen molar-refractivity contribution in [1.29, 1.82) is 0 Å². The third-order valence-corrected chi connectivity index (χ3v) is 8.19. The Bertz CT molecular complexity index is 785. The summed E-state index contributed by atoms with van der Waals surface area (Å²) in [4.78, 5) is 28.2. The lowest BCUT2D eigenvalue weighted by atomic mass is 10.0. The number of urea groups is 1. The molecule has 3 unspecified atom stereocenters. The summed E-state index contributed by atoms with van der Waals surface area (Å²) in [6, 6.07) is -1.13. The second-order valence-electron chi connectivity index (χ2n) is 11.7. The molecule has 0 aromatic carbocycles. The van der Waals surface area contributed by atoms with E-state index >= 15 is 0 Å². The molecule has 0 radical (unpaired) electrons. The second-order valence-corrected chi connectivity index (χ2v) is 11.7. The van der Waals surface area contributed by atoms with Crippen LogP contribution < -0.4 is 5.73 Å². The van der Waals surface area contributed by atoms with E-state index < -0.39 is 55.2 Å². The fourth-order valence-corrected chi connectivity index (χ4v) is 5.49. The van der Waals surface area contributed by atoms with E-state index in [0.717, 1.165) is 38.5 Å². The molecule has 11 nitrogen and oxygen atoms in total. The molecule has 3 amide bonds. The van der Waals surface area contributed by atoms with Gasteiger partial charge in [0.15, 0.2) is 6.23 Å². The number of nitrogens with two attached hydrogens (primary N) is 1. The minimum Gasteiger partial charge on any atom is -0.395 e.